The molecule has 0 aliphatic rings. The molecule has 0 amide bonds. The van der Waals surface area contributed by atoms with Gasteiger partial charge in [-0.15, -0.1) is 5.10 Å². The third-order valence-corrected chi connectivity index (χ3v) is 1.82. The van der Waals surface area contributed by atoms with Gasteiger partial charge < -0.3 is 5.73 Å². The Labute approximate surface area is 70.0 Å². The molecular weight excluding hydrogens is 152 g/mol. The lowest BCUT2D eigenvalue weighted by molar-refractivity contribution is 0.707. The molecule has 2 aromatic rings. The third kappa shape index (κ3) is 0.967. The molecule has 1 unspecified atom stereocenters. The van der Waals surface area contributed by atoms with E-state index in [0.29, 0.717) is 0 Å². The summed E-state index contributed by atoms with van der Waals surface area (Å²) in [6, 6.07) is 5.84. The predicted octanol–water partition coefficient (Wildman–Crippen LogP) is 0.749. The zero-order valence-electron chi connectivity index (χ0n) is 6.81. The topological polar surface area (TPSA) is 56.2 Å². The van der Waals surface area contributed by atoms with E-state index in [1.807, 2.05) is 25.1 Å². The maximum Gasteiger partial charge on any atom is 0.0868 e. The zero-order valence-corrected chi connectivity index (χ0v) is 6.81. The van der Waals surface area contributed by atoms with Crippen molar-refractivity contribution in [2.24, 2.45) is 5.73 Å². The SMILES string of the molecule is CC(N)c1cccc2cnnn12. The molecule has 0 spiro atoms. The maximum atomic E-state index is 5.75. The number of hydrogen-bond acceptors (Lipinski definition) is 3. The Kier molecular flexibility index (Phi) is 1.55. The molecule has 0 aliphatic heterocycles. The van der Waals surface area contributed by atoms with Crippen LogP contribution in [0.25, 0.3) is 5.52 Å². The van der Waals surface area contributed by atoms with Crippen molar-refractivity contribution in [3.05, 3.63) is 30.1 Å². The van der Waals surface area contributed by atoms with Crippen LogP contribution < -0.4 is 5.73 Å². The minimum atomic E-state index is -0.0181. The van der Waals surface area contributed by atoms with Gasteiger partial charge in [-0.05, 0) is 19.1 Å². The maximum absolute atomic E-state index is 5.75. The number of pyridine rings is 1. The van der Waals surface area contributed by atoms with Crippen LogP contribution in [0.15, 0.2) is 24.4 Å². The molecule has 0 saturated heterocycles. The van der Waals surface area contributed by atoms with Gasteiger partial charge in [0.1, 0.15) is 0 Å². The highest BCUT2D eigenvalue weighted by atomic mass is 15.4. The van der Waals surface area contributed by atoms with Crippen molar-refractivity contribution < 1.29 is 0 Å². The van der Waals surface area contributed by atoms with Crippen molar-refractivity contribution >= 4 is 5.52 Å². The molecule has 2 aromatic heterocycles. The highest BCUT2D eigenvalue weighted by Gasteiger charge is 2.04. The lowest BCUT2D eigenvalue weighted by atomic mass is 10.2. The highest BCUT2D eigenvalue weighted by Crippen LogP contribution is 2.10. The molecule has 0 saturated carbocycles. The second kappa shape index (κ2) is 2.57. The van der Waals surface area contributed by atoms with Crippen molar-refractivity contribution in [1.82, 2.24) is 14.8 Å². The summed E-state index contributed by atoms with van der Waals surface area (Å²) in [7, 11) is 0. The predicted molar refractivity (Wildman–Crippen MR) is 45.6 cm³/mol. The van der Waals surface area contributed by atoms with E-state index in [1.165, 1.54) is 0 Å². The van der Waals surface area contributed by atoms with Crippen molar-refractivity contribution in [3.8, 4) is 0 Å². The van der Waals surface area contributed by atoms with Crippen molar-refractivity contribution in [3.63, 3.8) is 0 Å². The van der Waals surface area contributed by atoms with Gasteiger partial charge in [0, 0.05) is 6.04 Å². The summed E-state index contributed by atoms with van der Waals surface area (Å²) in [6.07, 6.45) is 1.71. The van der Waals surface area contributed by atoms with E-state index in [9.17, 15) is 0 Å². The lowest BCUT2D eigenvalue weighted by Crippen LogP contribution is -2.10. The fraction of sp³-hybridized carbons (Fsp3) is 0.250. The van der Waals surface area contributed by atoms with Gasteiger partial charge >= 0.3 is 0 Å². The second-order valence-electron chi connectivity index (χ2n) is 2.81. The molecule has 12 heavy (non-hydrogen) atoms. The summed E-state index contributed by atoms with van der Waals surface area (Å²) in [5.74, 6) is 0. The van der Waals surface area contributed by atoms with Crippen LogP contribution in [-0.2, 0) is 0 Å². The number of hydrogen-bond donors (Lipinski definition) is 1. The van der Waals surface area contributed by atoms with Gasteiger partial charge in [0.05, 0.1) is 17.4 Å². The summed E-state index contributed by atoms with van der Waals surface area (Å²) >= 11 is 0. The van der Waals surface area contributed by atoms with Crippen LogP contribution in [0.4, 0.5) is 0 Å². The molecular formula is C8H10N4. The Morgan fingerprint density at radius 2 is 2.33 bits per heavy atom. The van der Waals surface area contributed by atoms with E-state index < -0.39 is 0 Å². The largest absolute Gasteiger partial charge is 0.323 e. The van der Waals surface area contributed by atoms with Crippen molar-refractivity contribution in [2.45, 2.75) is 13.0 Å². The molecule has 4 nitrogen and oxygen atoms in total. The average Bonchev–Trinajstić information content (AvgIpc) is 2.49. The van der Waals surface area contributed by atoms with Crippen LogP contribution in [0.3, 0.4) is 0 Å². The first kappa shape index (κ1) is 7.24. The number of rotatable bonds is 1. The second-order valence-corrected chi connectivity index (χ2v) is 2.81. The van der Waals surface area contributed by atoms with E-state index in [0.717, 1.165) is 11.2 Å². The minimum Gasteiger partial charge on any atom is -0.323 e. The Morgan fingerprint density at radius 1 is 1.50 bits per heavy atom. The molecule has 2 heterocycles. The summed E-state index contributed by atoms with van der Waals surface area (Å²) in [4.78, 5) is 0. The Bertz CT molecular complexity index is 391. The van der Waals surface area contributed by atoms with Gasteiger partial charge in [0.2, 0.25) is 0 Å². The minimum absolute atomic E-state index is 0.0181. The molecule has 0 bridgehead atoms. The van der Waals surface area contributed by atoms with Gasteiger partial charge in [-0.3, -0.25) is 0 Å². The van der Waals surface area contributed by atoms with Crippen molar-refractivity contribution in [2.75, 3.05) is 0 Å². The molecule has 1 atom stereocenters. The Balaban J connectivity index is 2.73. The number of fused-ring (bicyclic) bond motifs is 1. The highest BCUT2D eigenvalue weighted by molar-refractivity contribution is 5.44. The first-order valence-corrected chi connectivity index (χ1v) is 3.84. The van der Waals surface area contributed by atoms with Gasteiger partial charge in [0.15, 0.2) is 0 Å². The summed E-state index contributed by atoms with van der Waals surface area (Å²) in [5.41, 5.74) is 7.70. The van der Waals surface area contributed by atoms with Crippen LogP contribution >= 0.6 is 0 Å². The van der Waals surface area contributed by atoms with Crippen LogP contribution in [0.5, 0.6) is 0 Å². The summed E-state index contributed by atoms with van der Waals surface area (Å²) in [6.45, 7) is 1.93. The lowest BCUT2D eigenvalue weighted by Gasteiger charge is -2.06. The zero-order chi connectivity index (χ0) is 8.55. The van der Waals surface area contributed by atoms with Crippen LogP contribution in [-0.4, -0.2) is 14.8 Å². The molecule has 2 N–H and O–H groups in total. The van der Waals surface area contributed by atoms with E-state index in [4.69, 9.17) is 5.73 Å². The van der Waals surface area contributed by atoms with E-state index in [-0.39, 0.29) is 6.04 Å². The normalized spacial score (nSPS) is 13.5. The summed E-state index contributed by atoms with van der Waals surface area (Å²) in [5, 5.41) is 7.73. The Morgan fingerprint density at radius 3 is 3.08 bits per heavy atom. The molecule has 0 radical (unpaired) electrons. The number of nitrogens with two attached hydrogens (primary N) is 1. The van der Waals surface area contributed by atoms with Gasteiger partial charge in [-0.1, -0.05) is 11.3 Å². The van der Waals surface area contributed by atoms with Gasteiger partial charge in [0.25, 0.3) is 0 Å². The van der Waals surface area contributed by atoms with Gasteiger partial charge in [-0.25, -0.2) is 4.52 Å². The molecule has 2 rings (SSSR count). The van der Waals surface area contributed by atoms with E-state index in [2.05, 4.69) is 10.3 Å². The fourth-order valence-electron chi connectivity index (χ4n) is 1.22. The number of aromatic nitrogens is 3. The van der Waals surface area contributed by atoms with Crippen molar-refractivity contribution in [1.29, 1.82) is 0 Å². The summed E-state index contributed by atoms with van der Waals surface area (Å²) < 4.78 is 1.75. The van der Waals surface area contributed by atoms with E-state index >= 15 is 0 Å². The monoisotopic (exact) mass is 162 g/mol. The quantitative estimate of drug-likeness (QED) is 0.673. The van der Waals surface area contributed by atoms with Crippen LogP contribution in [0.2, 0.25) is 0 Å². The Hall–Kier alpha value is -1.42. The first-order chi connectivity index (χ1) is 5.79. The fourth-order valence-corrected chi connectivity index (χ4v) is 1.22. The molecule has 0 fully saturated rings. The van der Waals surface area contributed by atoms with Crippen LogP contribution in [0, 0.1) is 0 Å². The van der Waals surface area contributed by atoms with Crippen LogP contribution in [0.1, 0.15) is 18.7 Å². The van der Waals surface area contributed by atoms with E-state index in [1.54, 1.807) is 10.7 Å². The standard InChI is InChI=1S/C8H10N4/c1-6(9)8-4-2-3-7-5-10-11-12(7)8/h2-6H,9H2,1H3. The molecule has 4 heteroatoms. The molecule has 0 aliphatic carbocycles. The average molecular weight is 162 g/mol. The third-order valence-electron chi connectivity index (χ3n) is 1.82. The smallest absolute Gasteiger partial charge is 0.0868 e. The molecule has 62 valence electrons. The van der Waals surface area contributed by atoms with Gasteiger partial charge in [-0.2, -0.15) is 0 Å². The number of nitrogens with zero attached hydrogens (tertiary/aromatic N) is 3. The first-order valence-electron chi connectivity index (χ1n) is 3.84. The molecule has 0 aromatic carbocycles.